The number of benzene rings is 1. The van der Waals surface area contributed by atoms with E-state index >= 15 is 0 Å². The highest BCUT2D eigenvalue weighted by atomic mass is 16.5. The van der Waals surface area contributed by atoms with Gasteiger partial charge < -0.3 is 15.0 Å². The first-order valence-corrected chi connectivity index (χ1v) is 10.3. The second-order valence-electron chi connectivity index (χ2n) is 8.06. The maximum absolute atomic E-state index is 12.9. The van der Waals surface area contributed by atoms with Gasteiger partial charge >= 0.3 is 6.03 Å². The minimum absolute atomic E-state index is 0.0454. The van der Waals surface area contributed by atoms with E-state index in [0.29, 0.717) is 18.5 Å². The summed E-state index contributed by atoms with van der Waals surface area (Å²) in [4.78, 5) is 14.9. The van der Waals surface area contributed by atoms with Crippen LogP contribution < -0.4 is 5.32 Å². The zero-order valence-corrected chi connectivity index (χ0v) is 16.9. The Kier molecular flexibility index (Phi) is 5.67. The van der Waals surface area contributed by atoms with Gasteiger partial charge in [-0.2, -0.15) is 5.10 Å². The van der Waals surface area contributed by atoms with Gasteiger partial charge in [0, 0.05) is 42.9 Å². The molecule has 1 saturated heterocycles. The molecule has 4 rings (SSSR count). The van der Waals surface area contributed by atoms with Crippen LogP contribution in [0, 0.1) is 19.8 Å². The highest BCUT2D eigenvalue weighted by Crippen LogP contribution is 2.29. The summed E-state index contributed by atoms with van der Waals surface area (Å²) in [6.45, 7) is 7.78. The van der Waals surface area contributed by atoms with E-state index < -0.39 is 0 Å². The van der Waals surface area contributed by atoms with Crippen LogP contribution in [0.15, 0.2) is 30.3 Å². The summed E-state index contributed by atoms with van der Waals surface area (Å²) in [6, 6.07) is 10.8. The molecule has 1 N–H and O–H groups in total. The number of carbonyl (C=O) groups is 1. The van der Waals surface area contributed by atoms with Crippen LogP contribution in [-0.4, -0.2) is 46.5 Å². The Hall–Kier alpha value is -2.34. The molecular formula is C22H30N4O2. The van der Waals surface area contributed by atoms with Gasteiger partial charge in [-0.1, -0.05) is 30.3 Å². The molecule has 28 heavy (non-hydrogen) atoms. The highest BCUT2D eigenvalue weighted by Gasteiger charge is 2.34. The van der Waals surface area contributed by atoms with Gasteiger partial charge in [-0.05, 0) is 38.7 Å². The Morgan fingerprint density at radius 3 is 2.71 bits per heavy atom. The van der Waals surface area contributed by atoms with Crippen molar-refractivity contribution in [3.8, 4) is 0 Å². The SMILES string of the molecule is Cc1nn(Cc2ccccc2)c(C)c1CNC(=O)N(CC1CCOC1)C1CC1. The molecule has 1 aromatic carbocycles. The molecule has 1 saturated carbocycles. The molecule has 2 amide bonds. The highest BCUT2D eigenvalue weighted by molar-refractivity contribution is 5.75. The van der Waals surface area contributed by atoms with Crippen molar-refractivity contribution in [2.75, 3.05) is 19.8 Å². The van der Waals surface area contributed by atoms with Crippen LogP contribution in [0.4, 0.5) is 4.79 Å². The molecule has 2 aliphatic rings. The maximum Gasteiger partial charge on any atom is 0.317 e. The van der Waals surface area contributed by atoms with Crippen molar-refractivity contribution in [3.63, 3.8) is 0 Å². The van der Waals surface area contributed by atoms with Gasteiger partial charge in [0.05, 0.1) is 18.8 Å². The van der Waals surface area contributed by atoms with E-state index in [4.69, 9.17) is 9.84 Å². The summed E-state index contributed by atoms with van der Waals surface area (Å²) in [7, 11) is 0. The Morgan fingerprint density at radius 1 is 1.25 bits per heavy atom. The van der Waals surface area contributed by atoms with Gasteiger partial charge in [0.15, 0.2) is 0 Å². The minimum atomic E-state index is 0.0454. The topological polar surface area (TPSA) is 59.4 Å². The average molecular weight is 383 g/mol. The molecule has 6 nitrogen and oxygen atoms in total. The van der Waals surface area contributed by atoms with Crippen LogP contribution in [0.5, 0.6) is 0 Å². The number of rotatable bonds is 7. The van der Waals surface area contributed by atoms with E-state index in [-0.39, 0.29) is 6.03 Å². The molecule has 2 aromatic rings. The second kappa shape index (κ2) is 8.35. The van der Waals surface area contributed by atoms with E-state index in [1.165, 1.54) is 5.56 Å². The molecule has 1 aliphatic heterocycles. The summed E-state index contributed by atoms with van der Waals surface area (Å²) in [6.07, 6.45) is 3.29. The van der Waals surface area contributed by atoms with E-state index in [0.717, 1.165) is 62.5 Å². The number of aryl methyl sites for hydroxylation is 1. The first-order valence-electron chi connectivity index (χ1n) is 10.3. The number of nitrogens with one attached hydrogen (secondary N) is 1. The predicted molar refractivity (Wildman–Crippen MR) is 108 cm³/mol. The van der Waals surface area contributed by atoms with Crippen LogP contribution in [0.2, 0.25) is 0 Å². The van der Waals surface area contributed by atoms with Gasteiger partial charge in [0.25, 0.3) is 0 Å². The molecule has 1 aromatic heterocycles. The van der Waals surface area contributed by atoms with Gasteiger partial charge in [-0.3, -0.25) is 4.68 Å². The van der Waals surface area contributed by atoms with Gasteiger partial charge in [-0.25, -0.2) is 4.79 Å². The minimum Gasteiger partial charge on any atom is -0.381 e. The van der Waals surface area contributed by atoms with Crippen molar-refractivity contribution in [1.29, 1.82) is 0 Å². The van der Waals surface area contributed by atoms with E-state index in [1.54, 1.807) is 0 Å². The van der Waals surface area contributed by atoms with Crippen LogP contribution in [0.3, 0.4) is 0 Å². The van der Waals surface area contributed by atoms with Crippen molar-refractivity contribution in [3.05, 3.63) is 52.8 Å². The second-order valence-corrected chi connectivity index (χ2v) is 8.06. The predicted octanol–water partition coefficient (Wildman–Crippen LogP) is 3.26. The largest absolute Gasteiger partial charge is 0.381 e. The fourth-order valence-electron chi connectivity index (χ4n) is 3.96. The van der Waals surface area contributed by atoms with Crippen LogP contribution in [-0.2, 0) is 17.8 Å². The van der Waals surface area contributed by atoms with Gasteiger partial charge in [0.1, 0.15) is 0 Å². The Bertz CT molecular complexity index is 807. The molecular weight excluding hydrogens is 352 g/mol. The van der Waals surface area contributed by atoms with Crippen molar-refractivity contribution in [2.24, 2.45) is 5.92 Å². The summed E-state index contributed by atoms with van der Waals surface area (Å²) in [5.41, 5.74) is 4.44. The molecule has 0 spiro atoms. The first-order chi connectivity index (χ1) is 13.6. The molecule has 150 valence electrons. The fraction of sp³-hybridized carbons (Fsp3) is 0.545. The Labute approximate surface area is 166 Å². The number of aromatic nitrogens is 2. The number of hydrogen-bond acceptors (Lipinski definition) is 3. The van der Waals surface area contributed by atoms with Crippen molar-refractivity contribution in [2.45, 2.75) is 52.2 Å². The summed E-state index contributed by atoms with van der Waals surface area (Å²) in [5, 5.41) is 7.84. The van der Waals surface area contributed by atoms with E-state index in [2.05, 4.69) is 24.4 Å². The van der Waals surface area contributed by atoms with Crippen LogP contribution >= 0.6 is 0 Å². The smallest absolute Gasteiger partial charge is 0.317 e. The number of amides is 2. The summed E-state index contributed by atoms with van der Waals surface area (Å²) >= 11 is 0. The number of hydrogen-bond donors (Lipinski definition) is 1. The first kappa shape index (κ1) is 19.0. The summed E-state index contributed by atoms with van der Waals surface area (Å²) < 4.78 is 7.51. The van der Waals surface area contributed by atoms with Crippen LogP contribution in [0.25, 0.3) is 0 Å². The standard InChI is InChI=1S/C22H30N4O2/c1-16-21(17(2)26(24-16)14-18-6-4-3-5-7-18)12-23-22(27)25(20-8-9-20)13-19-10-11-28-15-19/h3-7,19-20H,8-15H2,1-2H3,(H,23,27). The molecule has 2 heterocycles. The van der Waals surface area contributed by atoms with Gasteiger partial charge in [-0.15, -0.1) is 0 Å². The lowest BCUT2D eigenvalue weighted by Gasteiger charge is -2.25. The van der Waals surface area contributed by atoms with Crippen molar-refractivity contribution in [1.82, 2.24) is 20.0 Å². The zero-order chi connectivity index (χ0) is 19.5. The third kappa shape index (κ3) is 4.38. The van der Waals surface area contributed by atoms with E-state index in [1.807, 2.05) is 34.7 Å². The average Bonchev–Trinajstić information content (AvgIpc) is 3.34. The normalized spacial score (nSPS) is 19.0. The lowest BCUT2D eigenvalue weighted by Crippen LogP contribution is -2.43. The molecule has 1 unspecified atom stereocenters. The summed E-state index contributed by atoms with van der Waals surface area (Å²) in [5.74, 6) is 0.475. The Morgan fingerprint density at radius 2 is 2.04 bits per heavy atom. The van der Waals surface area contributed by atoms with Crippen molar-refractivity contribution >= 4 is 6.03 Å². The molecule has 2 fully saturated rings. The monoisotopic (exact) mass is 382 g/mol. The molecule has 1 aliphatic carbocycles. The molecule has 1 atom stereocenters. The number of nitrogens with zero attached hydrogens (tertiary/aromatic N) is 3. The lowest BCUT2D eigenvalue weighted by molar-refractivity contribution is 0.162. The molecule has 0 radical (unpaired) electrons. The van der Waals surface area contributed by atoms with Gasteiger partial charge in [0.2, 0.25) is 0 Å². The number of urea groups is 1. The lowest BCUT2D eigenvalue weighted by atomic mass is 10.1. The zero-order valence-electron chi connectivity index (χ0n) is 16.9. The quantitative estimate of drug-likeness (QED) is 0.800. The molecule has 0 bridgehead atoms. The third-order valence-electron chi connectivity index (χ3n) is 5.85. The molecule has 6 heteroatoms. The third-order valence-corrected chi connectivity index (χ3v) is 5.85. The number of carbonyl (C=O) groups excluding carboxylic acids is 1. The van der Waals surface area contributed by atoms with Crippen molar-refractivity contribution < 1.29 is 9.53 Å². The number of ether oxygens (including phenoxy) is 1. The Balaban J connectivity index is 1.39. The van der Waals surface area contributed by atoms with E-state index in [9.17, 15) is 4.79 Å². The maximum atomic E-state index is 12.9. The fourth-order valence-corrected chi connectivity index (χ4v) is 3.96. The van der Waals surface area contributed by atoms with Crippen LogP contribution in [0.1, 0.15) is 41.8 Å².